The van der Waals surface area contributed by atoms with Gasteiger partial charge in [-0.3, -0.25) is 4.79 Å². The molecule has 0 spiro atoms. The van der Waals surface area contributed by atoms with Crippen molar-refractivity contribution in [2.75, 3.05) is 20.8 Å². The van der Waals surface area contributed by atoms with Gasteiger partial charge in [-0.25, -0.2) is 9.78 Å². The number of carbonyl (C=O) groups is 2. The van der Waals surface area contributed by atoms with E-state index in [0.29, 0.717) is 33.1 Å². The van der Waals surface area contributed by atoms with Crippen molar-refractivity contribution in [1.82, 2.24) is 4.98 Å². The maximum Gasteiger partial charge on any atom is 0.339 e. The van der Waals surface area contributed by atoms with Gasteiger partial charge in [0.15, 0.2) is 18.1 Å². The van der Waals surface area contributed by atoms with Crippen LogP contribution in [0.5, 0.6) is 11.5 Å². The molecule has 0 atom stereocenters. The normalized spacial score (nSPS) is 10.7. The summed E-state index contributed by atoms with van der Waals surface area (Å²) < 4.78 is 16.0. The molecule has 0 aliphatic rings. The van der Waals surface area contributed by atoms with Crippen LogP contribution in [0.4, 0.5) is 0 Å². The molecule has 0 amide bonds. The van der Waals surface area contributed by atoms with Gasteiger partial charge in [-0.1, -0.05) is 41.4 Å². The van der Waals surface area contributed by atoms with Crippen LogP contribution in [-0.2, 0) is 4.74 Å². The summed E-state index contributed by atoms with van der Waals surface area (Å²) in [6, 6.07) is 18.7. The minimum Gasteiger partial charge on any atom is -0.493 e. The summed E-state index contributed by atoms with van der Waals surface area (Å²) >= 11 is 12.0. The highest BCUT2D eigenvalue weighted by atomic mass is 35.5. The number of Topliss-reactive ketones (excluding diaryl/α,β-unsaturated/α-hetero) is 1. The second-order valence-electron chi connectivity index (χ2n) is 7.27. The highest BCUT2D eigenvalue weighted by Crippen LogP contribution is 2.33. The second kappa shape index (κ2) is 10.1. The SMILES string of the molecule is COc1ccc(-c2cc(C(=O)OCC(=O)c3ccc(Cl)cc3Cl)c3ccccc3n2)cc1OC. The number of aromatic nitrogens is 1. The average Bonchev–Trinajstić information content (AvgIpc) is 2.85. The Kier molecular flexibility index (Phi) is 7.01. The molecule has 0 aliphatic carbocycles. The lowest BCUT2D eigenvalue weighted by Gasteiger charge is -2.12. The molecule has 0 unspecified atom stereocenters. The van der Waals surface area contributed by atoms with E-state index in [4.69, 9.17) is 37.4 Å². The van der Waals surface area contributed by atoms with Crippen molar-refractivity contribution in [3.63, 3.8) is 0 Å². The fourth-order valence-electron chi connectivity index (χ4n) is 3.49. The van der Waals surface area contributed by atoms with E-state index in [1.165, 1.54) is 12.1 Å². The zero-order chi connectivity index (χ0) is 24.2. The molecular weight excluding hydrogens is 477 g/mol. The van der Waals surface area contributed by atoms with E-state index in [9.17, 15) is 9.59 Å². The number of esters is 1. The Labute approximate surface area is 206 Å². The first-order valence-electron chi connectivity index (χ1n) is 10.2. The van der Waals surface area contributed by atoms with E-state index >= 15 is 0 Å². The third-order valence-electron chi connectivity index (χ3n) is 5.18. The number of ether oxygens (including phenoxy) is 3. The van der Waals surface area contributed by atoms with E-state index in [-0.39, 0.29) is 16.1 Å². The smallest absolute Gasteiger partial charge is 0.339 e. The molecule has 0 N–H and O–H groups in total. The number of hydrogen-bond donors (Lipinski definition) is 0. The Morgan fingerprint density at radius 3 is 2.35 bits per heavy atom. The number of benzene rings is 3. The monoisotopic (exact) mass is 495 g/mol. The van der Waals surface area contributed by atoms with Crippen molar-refractivity contribution in [1.29, 1.82) is 0 Å². The fourth-order valence-corrected chi connectivity index (χ4v) is 4.00. The molecule has 3 aromatic carbocycles. The summed E-state index contributed by atoms with van der Waals surface area (Å²) in [5, 5.41) is 1.21. The van der Waals surface area contributed by atoms with Crippen LogP contribution >= 0.6 is 23.2 Å². The number of para-hydroxylation sites is 1. The topological polar surface area (TPSA) is 74.7 Å². The molecule has 4 rings (SSSR count). The lowest BCUT2D eigenvalue weighted by molar-refractivity contribution is 0.0476. The number of carbonyl (C=O) groups excluding carboxylic acids is 2. The van der Waals surface area contributed by atoms with Gasteiger partial charge < -0.3 is 14.2 Å². The molecule has 0 saturated heterocycles. The zero-order valence-corrected chi connectivity index (χ0v) is 19.8. The summed E-state index contributed by atoms with van der Waals surface area (Å²) in [6.07, 6.45) is 0. The first kappa shape index (κ1) is 23.5. The van der Waals surface area contributed by atoms with Gasteiger partial charge in [-0.2, -0.15) is 0 Å². The van der Waals surface area contributed by atoms with Gasteiger partial charge in [0.1, 0.15) is 0 Å². The number of rotatable bonds is 7. The van der Waals surface area contributed by atoms with Crippen LogP contribution in [-0.4, -0.2) is 37.6 Å². The van der Waals surface area contributed by atoms with Gasteiger partial charge in [-0.05, 0) is 48.5 Å². The number of nitrogens with zero attached hydrogens (tertiary/aromatic N) is 1. The molecule has 8 heteroatoms. The predicted octanol–water partition coefficient (Wildman–Crippen LogP) is 6.27. The Hall–Kier alpha value is -3.61. The summed E-state index contributed by atoms with van der Waals surface area (Å²) in [7, 11) is 3.10. The molecule has 1 heterocycles. The number of hydrogen-bond acceptors (Lipinski definition) is 6. The maximum atomic E-state index is 13.0. The van der Waals surface area contributed by atoms with Gasteiger partial charge in [0.25, 0.3) is 0 Å². The summed E-state index contributed by atoms with van der Waals surface area (Å²) in [5.41, 5.74) is 2.38. The number of pyridine rings is 1. The lowest BCUT2D eigenvalue weighted by Crippen LogP contribution is -2.15. The van der Waals surface area contributed by atoms with Crippen LogP contribution in [0.25, 0.3) is 22.2 Å². The van der Waals surface area contributed by atoms with Crippen molar-refractivity contribution in [2.45, 2.75) is 0 Å². The summed E-state index contributed by atoms with van der Waals surface area (Å²) in [6.45, 7) is -0.470. The highest BCUT2D eigenvalue weighted by molar-refractivity contribution is 6.36. The number of halogens is 2. The van der Waals surface area contributed by atoms with Crippen molar-refractivity contribution in [2.24, 2.45) is 0 Å². The van der Waals surface area contributed by atoms with E-state index in [1.807, 2.05) is 12.1 Å². The van der Waals surface area contributed by atoms with Crippen LogP contribution in [0.3, 0.4) is 0 Å². The molecule has 0 aliphatic heterocycles. The molecule has 4 aromatic rings. The van der Waals surface area contributed by atoms with Crippen LogP contribution in [0.2, 0.25) is 10.0 Å². The highest BCUT2D eigenvalue weighted by Gasteiger charge is 2.19. The van der Waals surface area contributed by atoms with Crippen LogP contribution < -0.4 is 9.47 Å². The third kappa shape index (κ3) is 4.83. The Morgan fingerprint density at radius 1 is 0.853 bits per heavy atom. The quantitative estimate of drug-likeness (QED) is 0.222. The van der Waals surface area contributed by atoms with Gasteiger partial charge in [0.05, 0.1) is 36.0 Å². The van der Waals surface area contributed by atoms with Crippen LogP contribution in [0.15, 0.2) is 66.7 Å². The van der Waals surface area contributed by atoms with Crippen LogP contribution in [0.1, 0.15) is 20.7 Å². The van der Waals surface area contributed by atoms with Gasteiger partial charge >= 0.3 is 5.97 Å². The van der Waals surface area contributed by atoms with E-state index in [0.717, 1.165) is 5.56 Å². The molecule has 0 fully saturated rings. The Morgan fingerprint density at radius 2 is 1.62 bits per heavy atom. The number of ketones is 1. The summed E-state index contributed by atoms with van der Waals surface area (Å²) in [5.74, 6) is 0.0165. The van der Waals surface area contributed by atoms with Gasteiger partial charge in [0.2, 0.25) is 5.78 Å². The number of fused-ring (bicyclic) bond motifs is 1. The molecule has 0 radical (unpaired) electrons. The number of methoxy groups -OCH3 is 2. The van der Waals surface area contributed by atoms with Crippen molar-refractivity contribution in [3.8, 4) is 22.8 Å². The first-order valence-corrected chi connectivity index (χ1v) is 10.9. The molecule has 0 bridgehead atoms. The molecule has 1 aromatic heterocycles. The van der Waals surface area contributed by atoms with E-state index < -0.39 is 18.4 Å². The minimum absolute atomic E-state index is 0.193. The standard InChI is InChI=1S/C26H19Cl2NO5/c1-32-24-10-7-15(11-25(24)33-2)22-13-19(17-5-3-4-6-21(17)29-22)26(31)34-14-23(30)18-9-8-16(27)12-20(18)28/h3-13H,14H2,1-2H3. The zero-order valence-electron chi connectivity index (χ0n) is 18.3. The Balaban J connectivity index is 1.66. The van der Waals surface area contributed by atoms with Crippen molar-refractivity contribution >= 4 is 45.9 Å². The molecule has 172 valence electrons. The Bertz CT molecular complexity index is 1400. The van der Waals surface area contributed by atoms with Crippen molar-refractivity contribution < 1.29 is 23.8 Å². The largest absolute Gasteiger partial charge is 0.493 e. The molecule has 0 saturated carbocycles. The lowest BCUT2D eigenvalue weighted by atomic mass is 10.0. The molecule has 6 nitrogen and oxygen atoms in total. The summed E-state index contributed by atoms with van der Waals surface area (Å²) in [4.78, 5) is 30.3. The molecule has 34 heavy (non-hydrogen) atoms. The van der Waals surface area contributed by atoms with Crippen molar-refractivity contribution in [3.05, 3.63) is 87.9 Å². The van der Waals surface area contributed by atoms with E-state index in [2.05, 4.69) is 4.98 Å². The predicted molar refractivity (Wildman–Crippen MR) is 131 cm³/mol. The minimum atomic E-state index is -0.654. The maximum absolute atomic E-state index is 13.0. The van der Waals surface area contributed by atoms with E-state index in [1.54, 1.807) is 56.7 Å². The fraction of sp³-hybridized carbons (Fsp3) is 0.115. The van der Waals surface area contributed by atoms with Crippen LogP contribution in [0, 0.1) is 0 Å². The first-order chi connectivity index (χ1) is 16.4. The van der Waals surface area contributed by atoms with Gasteiger partial charge in [-0.15, -0.1) is 0 Å². The second-order valence-corrected chi connectivity index (χ2v) is 8.11. The average molecular weight is 496 g/mol. The van der Waals surface area contributed by atoms with Gasteiger partial charge in [0, 0.05) is 21.5 Å². The molecular formula is C26H19Cl2NO5. The third-order valence-corrected chi connectivity index (χ3v) is 5.73.